The third kappa shape index (κ3) is 4.70. The normalized spacial score (nSPS) is 14.9. The molecular formula is C7H16O2Si. The lowest BCUT2D eigenvalue weighted by Crippen LogP contribution is -2.33. The van der Waals surface area contributed by atoms with Crippen molar-refractivity contribution in [2.75, 3.05) is 0 Å². The molecule has 0 heterocycles. The Bertz CT molecular complexity index is 126. The van der Waals surface area contributed by atoms with E-state index >= 15 is 0 Å². The van der Waals surface area contributed by atoms with E-state index < -0.39 is 8.32 Å². The predicted molar refractivity (Wildman–Crippen MR) is 44.6 cm³/mol. The number of Topliss-reactive ketones (excluding diaryl/α,β-unsaturated/α-hetero) is 1. The van der Waals surface area contributed by atoms with Crippen molar-refractivity contribution in [3.63, 3.8) is 0 Å². The van der Waals surface area contributed by atoms with E-state index in [4.69, 9.17) is 4.43 Å². The topological polar surface area (TPSA) is 26.3 Å². The van der Waals surface area contributed by atoms with Gasteiger partial charge in [-0.15, -0.1) is 0 Å². The number of hydrogen-bond donors (Lipinski definition) is 0. The summed E-state index contributed by atoms with van der Waals surface area (Å²) in [6.07, 6.45) is -0.216. The molecule has 0 radical (unpaired) electrons. The zero-order valence-electron chi connectivity index (χ0n) is 7.39. The largest absolute Gasteiger partial charge is 0.408 e. The van der Waals surface area contributed by atoms with Crippen molar-refractivity contribution in [3.8, 4) is 0 Å². The Labute approximate surface area is 63.7 Å². The molecule has 0 bridgehead atoms. The van der Waals surface area contributed by atoms with Crippen molar-refractivity contribution >= 4 is 14.1 Å². The van der Waals surface area contributed by atoms with Crippen LogP contribution >= 0.6 is 0 Å². The van der Waals surface area contributed by atoms with E-state index in [1.807, 2.05) is 0 Å². The highest BCUT2D eigenvalue weighted by molar-refractivity contribution is 6.69. The average molecular weight is 160 g/mol. The van der Waals surface area contributed by atoms with Crippen LogP contribution in [0.3, 0.4) is 0 Å². The van der Waals surface area contributed by atoms with Gasteiger partial charge in [0.2, 0.25) is 0 Å². The van der Waals surface area contributed by atoms with Gasteiger partial charge in [-0.3, -0.25) is 4.79 Å². The van der Waals surface area contributed by atoms with E-state index in [1.165, 1.54) is 0 Å². The Kier molecular flexibility index (Phi) is 3.25. The summed E-state index contributed by atoms with van der Waals surface area (Å²) in [4.78, 5) is 10.7. The van der Waals surface area contributed by atoms with Crippen LogP contribution in [0.25, 0.3) is 0 Å². The minimum atomic E-state index is -1.50. The van der Waals surface area contributed by atoms with Gasteiger partial charge >= 0.3 is 0 Å². The lowest BCUT2D eigenvalue weighted by Gasteiger charge is -2.21. The molecule has 60 valence electrons. The predicted octanol–water partition coefficient (Wildman–Crippen LogP) is 1.82. The number of rotatable bonds is 3. The van der Waals surface area contributed by atoms with Crippen molar-refractivity contribution in [2.45, 2.75) is 39.6 Å². The van der Waals surface area contributed by atoms with Gasteiger partial charge in [-0.25, -0.2) is 0 Å². The SMILES string of the molecule is CC(=O)C(C)O[Si](C)(C)C. The van der Waals surface area contributed by atoms with Crippen LogP contribution in [0, 0.1) is 0 Å². The monoisotopic (exact) mass is 160 g/mol. The van der Waals surface area contributed by atoms with Gasteiger partial charge < -0.3 is 4.43 Å². The smallest absolute Gasteiger partial charge is 0.184 e. The highest BCUT2D eigenvalue weighted by Crippen LogP contribution is 2.06. The second-order valence-corrected chi connectivity index (χ2v) is 7.94. The number of carbonyl (C=O) groups excluding carboxylic acids is 1. The first kappa shape index (κ1) is 9.85. The van der Waals surface area contributed by atoms with Gasteiger partial charge in [0.25, 0.3) is 0 Å². The third-order valence-corrected chi connectivity index (χ3v) is 2.16. The molecule has 0 spiro atoms. The Hall–Kier alpha value is -0.153. The molecule has 0 N–H and O–H groups in total. The Morgan fingerprint density at radius 2 is 1.80 bits per heavy atom. The third-order valence-electron chi connectivity index (χ3n) is 1.10. The molecular weight excluding hydrogens is 144 g/mol. The number of hydrogen-bond acceptors (Lipinski definition) is 2. The van der Waals surface area contributed by atoms with E-state index in [9.17, 15) is 4.79 Å². The summed E-state index contributed by atoms with van der Waals surface area (Å²) >= 11 is 0. The summed E-state index contributed by atoms with van der Waals surface area (Å²) in [5, 5.41) is 0. The van der Waals surface area contributed by atoms with Crippen LogP contribution < -0.4 is 0 Å². The molecule has 0 aromatic carbocycles. The van der Waals surface area contributed by atoms with Crippen LogP contribution in [0.2, 0.25) is 19.6 Å². The van der Waals surface area contributed by atoms with Crippen LogP contribution in [0.5, 0.6) is 0 Å². The van der Waals surface area contributed by atoms with E-state index in [0.29, 0.717) is 0 Å². The molecule has 0 aromatic rings. The van der Waals surface area contributed by atoms with Crippen LogP contribution in [0.1, 0.15) is 13.8 Å². The molecule has 0 amide bonds. The van der Waals surface area contributed by atoms with Gasteiger partial charge in [-0.1, -0.05) is 0 Å². The first-order chi connectivity index (χ1) is 4.33. The maximum Gasteiger partial charge on any atom is 0.184 e. The van der Waals surface area contributed by atoms with Crippen molar-refractivity contribution in [1.82, 2.24) is 0 Å². The second kappa shape index (κ2) is 3.30. The molecule has 0 aromatic heterocycles. The molecule has 0 aliphatic carbocycles. The number of carbonyl (C=O) groups is 1. The van der Waals surface area contributed by atoms with Gasteiger partial charge in [0.15, 0.2) is 14.1 Å². The van der Waals surface area contributed by atoms with Crippen molar-refractivity contribution < 1.29 is 9.22 Å². The molecule has 0 aliphatic heterocycles. The van der Waals surface area contributed by atoms with Gasteiger partial charge in [0, 0.05) is 0 Å². The van der Waals surface area contributed by atoms with Gasteiger partial charge in [0.1, 0.15) is 6.10 Å². The second-order valence-electron chi connectivity index (χ2n) is 3.48. The summed E-state index contributed by atoms with van der Waals surface area (Å²) in [6.45, 7) is 9.59. The van der Waals surface area contributed by atoms with Crippen LogP contribution in [0.4, 0.5) is 0 Å². The first-order valence-corrected chi connectivity index (χ1v) is 6.92. The molecule has 1 unspecified atom stereocenters. The maximum absolute atomic E-state index is 10.7. The molecule has 0 rings (SSSR count). The summed E-state index contributed by atoms with van der Waals surface area (Å²) in [7, 11) is -1.50. The van der Waals surface area contributed by atoms with Gasteiger partial charge in [0.05, 0.1) is 0 Å². The lowest BCUT2D eigenvalue weighted by atomic mass is 10.3. The van der Waals surface area contributed by atoms with E-state index in [-0.39, 0.29) is 11.9 Å². The molecule has 3 heteroatoms. The standard InChI is InChI=1S/C7H16O2Si/c1-6(8)7(2)9-10(3,4)5/h7H,1-5H3. The fraction of sp³-hybridized carbons (Fsp3) is 0.857. The summed E-state index contributed by atoms with van der Waals surface area (Å²) in [5.74, 6) is 0.113. The Balaban J connectivity index is 3.80. The first-order valence-electron chi connectivity index (χ1n) is 3.51. The van der Waals surface area contributed by atoms with Gasteiger partial charge in [-0.05, 0) is 33.5 Å². The van der Waals surface area contributed by atoms with Crippen molar-refractivity contribution in [1.29, 1.82) is 0 Å². The molecule has 0 aliphatic rings. The fourth-order valence-electron chi connectivity index (χ4n) is 0.613. The fourth-order valence-corrected chi connectivity index (χ4v) is 1.84. The molecule has 1 atom stereocenters. The van der Waals surface area contributed by atoms with Crippen LogP contribution in [-0.2, 0) is 9.22 Å². The van der Waals surface area contributed by atoms with E-state index in [2.05, 4.69) is 19.6 Å². The minimum absolute atomic E-state index is 0.113. The molecule has 0 fully saturated rings. The molecule has 2 nitrogen and oxygen atoms in total. The molecule has 10 heavy (non-hydrogen) atoms. The van der Waals surface area contributed by atoms with E-state index in [1.54, 1.807) is 13.8 Å². The van der Waals surface area contributed by atoms with Crippen LogP contribution in [-0.4, -0.2) is 20.2 Å². The van der Waals surface area contributed by atoms with Crippen molar-refractivity contribution in [2.24, 2.45) is 0 Å². The highest BCUT2D eigenvalue weighted by atomic mass is 28.4. The molecule has 0 saturated heterocycles. The highest BCUT2D eigenvalue weighted by Gasteiger charge is 2.20. The van der Waals surface area contributed by atoms with E-state index in [0.717, 1.165) is 0 Å². The average Bonchev–Trinajstić information content (AvgIpc) is 1.60. The zero-order chi connectivity index (χ0) is 8.36. The van der Waals surface area contributed by atoms with Crippen molar-refractivity contribution in [3.05, 3.63) is 0 Å². The lowest BCUT2D eigenvalue weighted by molar-refractivity contribution is -0.123. The van der Waals surface area contributed by atoms with Crippen LogP contribution in [0.15, 0.2) is 0 Å². The summed E-state index contributed by atoms with van der Waals surface area (Å²) < 4.78 is 5.49. The molecule has 0 saturated carbocycles. The Morgan fingerprint density at radius 3 is 1.90 bits per heavy atom. The minimum Gasteiger partial charge on any atom is -0.408 e. The quantitative estimate of drug-likeness (QED) is 0.589. The summed E-state index contributed by atoms with van der Waals surface area (Å²) in [5.41, 5.74) is 0. The zero-order valence-corrected chi connectivity index (χ0v) is 8.39. The summed E-state index contributed by atoms with van der Waals surface area (Å²) in [6, 6.07) is 0. The Morgan fingerprint density at radius 1 is 1.40 bits per heavy atom. The maximum atomic E-state index is 10.7. The number of ketones is 1. The van der Waals surface area contributed by atoms with Gasteiger partial charge in [-0.2, -0.15) is 0 Å².